The fourth-order valence-electron chi connectivity index (χ4n) is 2.98. The Morgan fingerprint density at radius 1 is 1.24 bits per heavy atom. The Bertz CT molecular complexity index is 499. The molecule has 0 bridgehead atoms. The molecule has 2 aliphatic heterocycles. The highest BCUT2D eigenvalue weighted by Gasteiger charge is 2.48. The van der Waals surface area contributed by atoms with Crippen LogP contribution in [-0.2, 0) is 14.6 Å². The summed E-state index contributed by atoms with van der Waals surface area (Å²) in [5.74, 6) is 0.00972. The maximum Gasteiger partial charge on any atom is 0.410 e. The summed E-state index contributed by atoms with van der Waals surface area (Å²) in [5.41, 5.74) is -0.605. The zero-order valence-electron chi connectivity index (χ0n) is 12.8. The van der Waals surface area contributed by atoms with Gasteiger partial charge in [-0.15, -0.1) is 0 Å². The highest BCUT2D eigenvalue weighted by Crippen LogP contribution is 2.28. The smallest absolute Gasteiger partial charge is 0.410 e. The summed E-state index contributed by atoms with van der Waals surface area (Å²) in [5, 5.41) is 9.10. The van der Waals surface area contributed by atoms with E-state index >= 15 is 0 Å². The molecule has 1 N–H and O–H groups in total. The molecular weight excluding hydrogens is 296 g/mol. The molecule has 0 aliphatic carbocycles. The molecule has 2 rings (SSSR count). The van der Waals surface area contributed by atoms with Gasteiger partial charge in [0.05, 0.1) is 24.2 Å². The SMILES string of the molecule is CC(C)(C)OC(=O)N1CCN(CCO)[C@@H]2CS(=O)(=O)C[C@@H]21. The topological polar surface area (TPSA) is 87.2 Å². The van der Waals surface area contributed by atoms with E-state index in [9.17, 15) is 13.2 Å². The van der Waals surface area contributed by atoms with E-state index in [1.807, 2.05) is 4.90 Å². The van der Waals surface area contributed by atoms with Gasteiger partial charge in [0.15, 0.2) is 9.84 Å². The number of carbonyl (C=O) groups excluding carboxylic acids is 1. The molecule has 0 spiro atoms. The minimum Gasteiger partial charge on any atom is -0.444 e. The van der Waals surface area contributed by atoms with Gasteiger partial charge in [0.1, 0.15) is 5.60 Å². The molecule has 2 saturated heterocycles. The van der Waals surface area contributed by atoms with Gasteiger partial charge in [0, 0.05) is 25.7 Å². The first-order valence-corrected chi connectivity index (χ1v) is 9.00. The minimum absolute atomic E-state index is 0.0181. The number of aliphatic hydroxyl groups excluding tert-OH is 1. The number of hydrogen-bond acceptors (Lipinski definition) is 6. The first-order valence-electron chi connectivity index (χ1n) is 7.18. The van der Waals surface area contributed by atoms with E-state index in [2.05, 4.69) is 0 Å². The van der Waals surface area contributed by atoms with Crippen LogP contribution in [-0.4, -0.2) is 84.8 Å². The summed E-state index contributed by atoms with van der Waals surface area (Å²) in [7, 11) is -3.16. The molecule has 0 aromatic rings. The molecule has 2 heterocycles. The van der Waals surface area contributed by atoms with Gasteiger partial charge in [0.25, 0.3) is 0 Å². The zero-order chi connectivity index (χ0) is 15.8. The van der Waals surface area contributed by atoms with Crippen molar-refractivity contribution in [3.63, 3.8) is 0 Å². The second kappa shape index (κ2) is 5.73. The van der Waals surface area contributed by atoms with Gasteiger partial charge in [-0.25, -0.2) is 13.2 Å². The molecule has 0 unspecified atom stereocenters. The zero-order valence-corrected chi connectivity index (χ0v) is 13.6. The first-order chi connectivity index (χ1) is 9.63. The molecule has 8 heteroatoms. The van der Waals surface area contributed by atoms with Crippen LogP contribution in [0.1, 0.15) is 20.8 Å². The van der Waals surface area contributed by atoms with Crippen molar-refractivity contribution in [1.29, 1.82) is 0 Å². The van der Waals surface area contributed by atoms with Crippen molar-refractivity contribution in [3.8, 4) is 0 Å². The van der Waals surface area contributed by atoms with Crippen molar-refractivity contribution >= 4 is 15.9 Å². The van der Waals surface area contributed by atoms with E-state index in [-0.39, 0.29) is 30.2 Å². The van der Waals surface area contributed by atoms with Crippen LogP contribution in [0.5, 0.6) is 0 Å². The Balaban J connectivity index is 2.17. The lowest BCUT2D eigenvalue weighted by Gasteiger charge is -2.43. The van der Waals surface area contributed by atoms with Gasteiger partial charge >= 0.3 is 6.09 Å². The summed E-state index contributed by atoms with van der Waals surface area (Å²) >= 11 is 0. The van der Waals surface area contributed by atoms with E-state index in [1.165, 1.54) is 4.90 Å². The van der Waals surface area contributed by atoms with Crippen LogP contribution in [0.4, 0.5) is 4.79 Å². The van der Waals surface area contributed by atoms with Crippen molar-refractivity contribution in [2.75, 3.05) is 37.7 Å². The van der Waals surface area contributed by atoms with Gasteiger partial charge in [0.2, 0.25) is 0 Å². The molecule has 2 aliphatic rings. The number of hydrogen-bond donors (Lipinski definition) is 1. The van der Waals surface area contributed by atoms with Gasteiger partial charge in [-0.05, 0) is 20.8 Å². The molecule has 122 valence electrons. The number of β-amino-alcohol motifs (C(OH)–C–C–N with tert-alkyl or cyclic N) is 1. The van der Waals surface area contributed by atoms with Crippen LogP contribution in [0, 0.1) is 0 Å². The van der Waals surface area contributed by atoms with Crippen LogP contribution >= 0.6 is 0 Å². The number of aliphatic hydroxyl groups is 1. The van der Waals surface area contributed by atoms with Crippen molar-refractivity contribution in [2.24, 2.45) is 0 Å². The number of rotatable bonds is 2. The Morgan fingerprint density at radius 3 is 2.43 bits per heavy atom. The molecule has 2 atom stereocenters. The minimum atomic E-state index is -3.16. The van der Waals surface area contributed by atoms with Crippen molar-refractivity contribution in [3.05, 3.63) is 0 Å². The summed E-state index contributed by atoms with van der Waals surface area (Å²) in [4.78, 5) is 15.8. The van der Waals surface area contributed by atoms with Crippen molar-refractivity contribution < 1.29 is 23.1 Å². The number of fused-ring (bicyclic) bond motifs is 1. The highest BCUT2D eigenvalue weighted by atomic mass is 32.2. The predicted molar refractivity (Wildman–Crippen MR) is 77.8 cm³/mol. The molecular formula is C13H24N2O5S. The summed E-state index contributed by atoms with van der Waals surface area (Å²) in [6.07, 6.45) is -0.460. The maximum absolute atomic E-state index is 12.3. The monoisotopic (exact) mass is 320 g/mol. The van der Waals surface area contributed by atoms with E-state index in [1.54, 1.807) is 20.8 Å². The second-order valence-electron chi connectivity index (χ2n) is 6.64. The Hall–Kier alpha value is -0.860. The predicted octanol–water partition coefficient (Wildman–Crippen LogP) is -0.303. The van der Waals surface area contributed by atoms with Gasteiger partial charge in [-0.3, -0.25) is 4.90 Å². The number of carbonyl (C=O) groups is 1. The molecule has 0 radical (unpaired) electrons. The maximum atomic E-state index is 12.3. The lowest BCUT2D eigenvalue weighted by molar-refractivity contribution is -0.0113. The number of amides is 1. The van der Waals surface area contributed by atoms with E-state index in [4.69, 9.17) is 9.84 Å². The van der Waals surface area contributed by atoms with Gasteiger partial charge in [-0.1, -0.05) is 0 Å². The fourth-order valence-corrected chi connectivity index (χ4v) is 4.99. The molecule has 21 heavy (non-hydrogen) atoms. The largest absolute Gasteiger partial charge is 0.444 e. The highest BCUT2D eigenvalue weighted by molar-refractivity contribution is 7.91. The quantitative estimate of drug-likeness (QED) is 0.751. The fraction of sp³-hybridized carbons (Fsp3) is 0.923. The number of ether oxygens (including phenoxy) is 1. The van der Waals surface area contributed by atoms with Crippen LogP contribution in [0.25, 0.3) is 0 Å². The summed E-state index contributed by atoms with van der Waals surface area (Å²) in [6, 6.07) is -0.631. The number of sulfone groups is 1. The molecule has 0 saturated carbocycles. The third-order valence-corrected chi connectivity index (χ3v) is 5.51. The third-order valence-electron chi connectivity index (χ3n) is 3.81. The Labute approximate surface area is 125 Å². The molecule has 7 nitrogen and oxygen atoms in total. The van der Waals surface area contributed by atoms with E-state index < -0.39 is 21.5 Å². The van der Waals surface area contributed by atoms with Crippen LogP contribution < -0.4 is 0 Å². The molecule has 0 aromatic carbocycles. The summed E-state index contributed by atoms with van der Waals surface area (Å²) < 4.78 is 29.2. The lowest BCUT2D eigenvalue weighted by Crippen LogP contribution is -2.61. The van der Waals surface area contributed by atoms with Gasteiger partial charge in [-0.2, -0.15) is 0 Å². The second-order valence-corrected chi connectivity index (χ2v) is 8.80. The Kier molecular flexibility index (Phi) is 4.51. The molecule has 1 amide bonds. The van der Waals surface area contributed by atoms with E-state index in [0.717, 1.165) is 0 Å². The average Bonchev–Trinajstić information content (AvgIpc) is 2.62. The van der Waals surface area contributed by atoms with E-state index in [0.29, 0.717) is 19.6 Å². The van der Waals surface area contributed by atoms with Crippen molar-refractivity contribution in [1.82, 2.24) is 9.80 Å². The Morgan fingerprint density at radius 2 is 1.86 bits per heavy atom. The third kappa shape index (κ3) is 3.87. The molecule has 0 aromatic heterocycles. The number of piperazine rings is 1. The van der Waals surface area contributed by atoms with Gasteiger partial charge < -0.3 is 14.7 Å². The normalized spacial score (nSPS) is 29.2. The number of nitrogens with zero attached hydrogens (tertiary/aromatic N) is 2. The standard InChI is InChI=1S/C13H24N2O5S/c1-13(2,3)20-12(17)15-5-4-14(6-7-16)10-8-21(18,19)9-11(10)15/h10-11,16H,4-9H2,1-3H3/t10-,11+/m1/s1. The average molecular weight is 320 g/mol. The van der Waals surface area contributed by atoms with Crippen LogP contribution in [0.3, 0.4) is 0 Å². The summed E-state index contributed by atoms with van der Waals surface area (Å²) in [6.45, 7) is 6.75. The lowest BCUT2D eigenvalue weighted by atomic mass is 10.1. The first kappa shape index (κ1) is 16.5. The van der Waals surface area contributed by atoms with Crippen molar-refractivity contribution in [2.45, 2.75) is 38.5 Å². The molecule has 2 fully saturated rings. The van der Waals surface area contributed by atoms with Crippen LogP contribution in [0.2, 0.25) is 0 Å². The van der Waals surface area contributed by atoms with Crippen LogP contribution in [0.15, 0.2) is 0 Å².